The summed E-state index contributed by atoms with van der Waals surface area (Å²) < 4.78 is 0. The van der Waals surface area contributed by atoms with Gasteiger partial charge in [-0.15, -0.1) is 0 Å². The molecule has 12 amide bonds. The first-order chi connectivity index (χ1) is 46.1. The summed E-state index contributed by atoms with van der Waals surface area (Å²) in [5.41, 5.74) is 46.5. The fourth-order valence-corrected chi connectivity index (χ4v) is 10.0. The predicted molar refractivity (Wildman–Crippen MR) is 364 cm³/mol. The van der Waals surface area contributed by atoms with Gasteiger partial charge in [0.1, 0.15) is 54.4 Å². The largest absolute Gasteiger partial charge is 0.394 e. The molecule has 0 heterocycles. The van der Waals surface area contributed by atoms with Gasteiger partial charge in [-0.2, -0.15) is 11.8 Å². The second kappa shape index (κ2) is 46.8. The number of aliphatic imine (C=N–C) groups is 2. The third-order valence-electron chi connectivity index (χ3n) is 14.5. The highest BCUT2D eigenvalue weighted by Gasteiger charge is 2.34. The molecule has 35 nitrogen and oxygen atoms in total. The van der Waals surface area contributed by atoms with Gasteiger partial charge in [-0.25, -0.2) is 0 Å². The van der Waals surface area contributed by atoms with Crippen LogP contribution >= 0.6 is 11.8 Å². The van der Waals surface area contributed by atoms with E-state index in [2.05, 4.69) is 68.5 Å². The number of nitrogens with two attached hydrogens (primary N) is 8. The first-order valence-corrected chi connectivity index (χ1v) is 33.0. The van der Waals surface area contributed by atoms with Crippen LogP contribution < -0.4 is 104 Å². The molecular formula is C61H101N21O14S. The zero-order chi connectivity index (χ0) is 72.4. The molecule has 0 saturated carbocycles. The summed E-state index contributed by atoms with van der Waals surface area (Å²) in [5, 5.41) is 48.1. The maximum absolute atomic E-state index is 14.1. The molecule has 0 bridgehead atoms. The standard InChI is InChI=1S/C61H101N21O14S/c1-35(74-47(85)31-73-59(96)50(37(3)84)82-57(94)45(29-39-18-8-5-9-19-39)76-48(86)30-72-49(87)34-97-33-40(64)28-38-16-6-4-7-17-38)52(89)78-44(23-15-27-71-61(68)69)55(92)80-42(21-11-13-25-63)56(93)81-46(32-83)58(95)75-36(2)53(90)79-43(22-14-26-70-60(66)67)54(91)77-41(51(65)88)20-10-12-24-62/h4-9,16-19,35-37,40-46,50,83-84H,10-15,20-34,62-64H2,1-3H3,(H2,65,88)(H,72,87)(H,73,96)(H,74,85)(H,75,95)(H,76,86)(H,77,91)(H,78,89)(H,79,90)(H,80,92)(H,81,93)(H,82,94)(H4,66,67,70)(H4,68,69,71)/t35-,36-,37+,40-,41-,42-,43-,44-,45-,46-,50-/m0/s1. The van der Waals surface area contributed by atoms with Crippen molar-refractivity contribution in [3.8, 4) is 0 Å². The van der Waals surface area contributed by atoms with Gasteiger partial charge in [-0.05, 0) is 116 Å². The van der Waals surface area contributed by atoms with Gasteiger partial charge in [-0.1, -0.05) is 60.7 Å². The first-order valence-electron chi connectivity index (χ1n) is 31.8. The molecule has 11 atom stereocenters. The number of hydrogen-bond donors (Lipinski definition) is 21. The lowest BCUT2D eigenvalue weighted by Crippen LogP contribution is -2.60. The molecule has 0 saturated heterocycles. The Morgan fingerprint density at radius 2 is 0.866 bits per heavy atom. The lowest BCUT2D eigenvalue weighted by Gasteiger charge is -2.26. The quantitative estimate of drug-likeness (QED) is 0.0166. The van der Waals surface area contributed by atoms with Crippen molar-refractivity contribution < 1.29 is 67.7 Å². The van der Waals surface area contributed by atoms with Crippen molar-refractivity contribution in [3.05, 3.63) is 71.8 Å². The number of guanidine groups is 2. The molecule has 0 aliphatic rings. The normalized spacial score (nSPS) is 14.3. The molecule has 0 aliphatic heterocycles. The highest BCUT2D eigenvalue weighted by Crippen LogP contribution is 2.11. The lowest BCUT2D eigenvalue weighted by molar-refractivity contribution is -0.136. The molecule has 2 aromatic rings. The van der Waals surface area contributed by atoms with E-state index >= 15 is 0 Å². The van der Waals surface area contributed by atoms with E-state index in [1.807, 2.05) is 30.3 Å². The predicted octanol–water partition coefficient (Wildman–Crippen LogP) is -7.61. The summed E-state index contributed by atoms with van der Waals surface area (Å²) in [6.45, 7) is 1.99. The molecule has 2 aromatic carbocycles. The number of hydrogen-bond acceptors (Lipinski definition) is 20. The van der Waals surface area contributed by atoms with Crippen LogP contribution in [0.2, 0.25) is 0 Å². The molecule has 0 fully saturated rings. The van der Waals surface area contributed by atoms with Crippen LogP contribution in [0.3, 0.4) is 0 Å². The van der Waals surface area contributed by atoms with Crippen LogP contribution in [0.25, 0.3) is 0 Å². The van der Waals surface area contributed by atoms with Crippen molar-refractivity contribution in [3.63, 3.8) is 0 Å². The third-order valence-corrected chi connectivity index (χ3v) is 15.6. The van der Waals surface area contributed by atoms with Gasteiger partial charge in [0.2, 0.25) is 70.9 Å². The van der Waals surface area contributed by atoms with E-state index in [4.69, 9.17) is 45.9 Å². The Kier molecular flexibility index (Phi) is 40.5. The lowest BCUT2D eigenvalue weighted by atomic mass is 10.0. The molecule has 0 aliphatic carbocycles. The Morgan fingerprint density at radius 1 is 0.454 bits per heavy atom. The monoisotopic (exact) mass is 1380 g/mol. The maximum Gasteiger partial charge on any atom is 0.245 e. The topological polar surface area (TPSA) is 611 Å². The van der Waals surface area contributed by atoms with Crippen molar-refractivity contribution in [1.82, 2.24) is 58.5 Å². The molecule has 97 heavy (non-hydrogen) atoms. The third kappa shape index (κ3) is 35.4. The Hall–Kier alpha value is -9.23. The smallest absolute Gasteiger partial charge is 0.245 e. The van der Waals surface area contributed by atoms with E-state index in [1.165, 1.54) is 32.5 Å². The molecule has 0 unspecified atom stereocenters. The summed E-state index contributed by atoms with van der Waals surface area (Å²) in [7, 11) is 0. The van der Waals surface area contributed by atoms with E-state index in [9.17, 15) is 67.7 Å². The number of benzene rings is 2. The van der Waals surface area contributed by atoms with Crippen molar-refractivity contribution in [2.24, 2.45) is 55.9 Å². The molecule has 0 spiro atoms. The van der Waals surface area contributed by atoms with Crippen LogP contribution in [-0.2, 0) is 70.4 Å². The van der Waals surface area contributed by atoms with Gasteiger partial charge < -0.3 is 115 Å². The molecular weight excluding hydrogens is 1280 g/mol. The molecule has 29 N–H and O–H groups in total. The molecule has 540 valence electrons. The van der Waals surface area contributed by atoms with Crippen LogP contribution in [0.5, 0.6) is 0 Å². The van der Waals surface area contributed by atoms with Crippen molar-refractivity contribution >= 4 is 94.6 Å². The number of carbonyl (C=O) groups is 12. The number of rotatable bonds is 48. The van der Waals surface area contributed by atoms with Crippen molar-refractivity contribution in [1.29, 1.82) is 0 Å². The fourth-order valence-electron chi connectivity index (χ4n) is 9.18. The van der Waals surface area contributed by atoms with E-state index in [1.54, 1.807) is 30.3 Å². The van der Waals surface area contributed by atoms with Crippen molar-refractivity contribution in [2.45, 2.75) is 164 Å². The Labute approximate surface area is 568 Å². The second-order valence-electron chi connectivity index (χ2n) is 22.9. The number of aliphatic hydroxyl groups is 2. The van der Waals surface area contributed by atoms with E-state index in [0.717, 1.165) is 5.56 Å². The number of amides is 12. The summed E-state index contributed by atoms with van der Waals surface area (Å²) in [5.74, 6) is -10.4. The minimum absolute atomic E-state index is 0.0141. The number of carbonyl (C=O) groups excluding carboxylic acids is 12. The van der Waals surface area contributed by atoms with Gasteiger partial charge in [0.05, 0.1) is 31.6 Å². The van der Waals surface area contributed by atoms with Crippen LogP contribution in [0.4, 0.5) is 0 Å². The average molecular weight is 1380 g/mol. The van der Waals surface area contributed by atoms with Crippen LogP contribution in [0.15, 0.2) is 70.6 Å². The molecule has 0 radical (unpaired) electrons. The zero-order valence-corrected chi connectivity index (χ0v) is 56.0. The highest BCUT2D eigenvalue weighted by atomic mass is 32.2. The van der Waals surface area contributed by atoms with E-state index in [-0.39, 0.29) is 94.7 Å². The number of unbranched alkanes of at least 4 members (excludes halogenated alkanes) is 2. The Bertz CT molecular complexity index is 2910. The number of thioether (sulfide) groups is 1. The molecule has 0 aromatic heterocycles. The van der Waals surface area contributed by atoms with Crippen molar-refractivity contribution in [2.75, 3.05) is 57.4 Å². The van der Waals surface area contributed by atoms with Crippen LogP contribution in [0, 0.1) is 0 Å². The Morgan fingerprint density at radius 3 is 1.34 bits per heavy atom. The SMILES string of the molecule is C[C@H](NC(=O)CNC(=O)[C@@H](NC(=O)[C@H](Cc1ccccc1)NC(=O)CNC(=O)CSC[C@@H](N)Cc1ccccc1)[C@@H](C)O)C(=O)N[C@@H](CCCN=C(N)N)C(=O)N[C@@H](CCCCN)C(=O)N[C@@H](CO)C(=O)N[C@@H](C)C(=O)N[C@@H](CCCN=C(N)N)C(=O)N[C@@H](CCCCN)C(N)=O. The van der Waals surface area contributed by atoms with Crippen LogP contribution in [-0.4, -0.2) is 217 Å². The minimum atomic E-state index is -1.72. The number of primary amides is 1. The first kappa shape index (κ1) is 83.9. The average Bonchev–Trinajstić information content (AvgIpc) is 1.06. The maximum atomic E-state index is 14.1. The van der Waals surface area contributed by atoms with Gasteiger partial charge in [-0.3, -0.25) is 67.5 Å². The minimum Gasteiger partial charge on any atom is -0.394 e. The van der Waals surface area contributed by atoms with E-state index < -0.39 is 151 Å². The number of nitrogens with zero attached hydrogens (tertiary/aromatic N) is 2. The number of nitrogens with one attached hydrogen (secondary N) is 11. The van der Waals surface area contributed by atoms with Crippen LogP contribution in [0.1, 0.15) is 96.1 Å². The summed E-state index contributed by atoms with van der Waals surface area (Å²) >= 11 is 1.29. The highest BCUT2D eigenvalue weighted by molar-refractivity contribution is 8.00. The summed E-state index contributed by atoms with van der Waals surface area (Å²) in [6.07, 6.45) is 0.808. The van der Waals surface area contributed by atoms with Gasteiger partial charge in [0.15, 0.2) is 11.9 Å². The van der Waals surface area contributed by atoms with Gasteiger partial charge in [0.25, 0.3) is 0 Å². The van der Waals surface area contributed by atoms with Gasteiger partial charge in [0, 0.05) is 31.3 Å². The zero-order valence-electron chi connectivity index (χ0n) is 55.2. The van der Waals surface area contributed by atoms with E-state index in [0.29, 0.717) is 43.5 Å². The number of aliphatic hydroxyl groups excluding tert-OH is 2. The Balaban J connectivity index is 2.17. The molecule has 36 heteroatoms. The fraction of sp³-hybridized carbons (Fsp3) is 0.574. The van der Waals surface area contributed by atoms with Gasteiger partial charge >= 0.3 is 0 Å². The summed E-state index contributed by atoms with van der Waals surface area (Å²) in [4.78, 5) is 169. The summed E-state index contributed by atoms with van der Waals surface area (Å²) in [6, 6.07) is 5.17. The second-order valence-corrected chi connectivity index (χ2v) is 23.9. The molecule has 2 rings (SSSR count).